The Morgan fingerprint density at radius 3 is 2.51 bits per heavy atom. The predicted octanol–water partition coefficient (Wildman–Crippen LogP) is 5.29. The Bertz CT molecular complexity index is 1860. The molecule has 5 rings (SSSR count). The molecule has 4 aromatic rings. The molecule has 1 aliphatic heterocycles. The molecule has 12 heteroatoms. The van der Waals surface area contributed by atoms with Gasteiger partial charge in [0.2, 0.25) is 0 Å². The molecule has 11 nitrogen and oxygen atoms in total. The standard InChI is InChI=1S/C35H33FN4O7/c1-4-45-34(42)32-21(2)38-35(43)39-33(32)24-12-16-29(30(17-24)44-3)47-20-31(41)40-37-18-27-26-8-6-5-7-23(26)11-15-28(27)46-19-22-9-13-25(36)14-10-22/h5-18,33H,4,19-20H2,1-3H3,(H,40,41)(H2,38,39,43)/b37-18+/t33-/m1/s1. The first-order valence-corrected chi connectivity index (χ1v) is 14.7. The largest absolute Gasteiger partial charge is 0.493 e. The van der Waals surface area contributed by atoms with Gasteiger partial charge >= 0.3 is 12.0 Å². The molecule has 0 spiro atoms. The molecule has 1 heterocycles. The smallest absolute Gasteiger partial charge is 0.338 e. The van der Waals surface area contributed by atoms with E-state index in [1.54, 1.807) is 44.2 Å². The average molecular weight is 641 g/mol. The van der Waals surface area contributed by atoms with Crippen molar-refractivity contribution in [2.45, 2.75) is 26.5 Å². The molecule has 0 bridgehead atoms. The number of benzene rings is 4. The summed E-state index contributed by atoms with van der Waals surface area (Å²) in [6, 6.07) is 21.1. The summed E-state index contributed by atoms with van der Waals surface area (Å²) < 4.78 is 35.7. The van der Waals surface area contributed by atoms with Crippen LogP contribution in [0.1, 0.15) is 36.6 Å². The Morgan fingerprint density at radius 1 is 0.979 bits per heavy atom. The lowest BCUT2D eigenvalue weighted by Gasteiger charge is -2.28. The highest BCUT2D eigenvalue weighted by molar-refractivity contribution is 6.02. The van der Waals surface area contributed by atoms with Crippen LogP contribution in [-0.4, -0.2) is 44.4 Å². The van der Waals surface area contributed by atoms with Crippen molar-refractivity contribution in [1.29, 1.82) is 0 Å². The van der Waals surface area contributed by atoms with Gasteiger partial charge < -0.3 is 29.6 Å². The van der Waals surface area contributed by atoms with Crippen LogP contribution in [0.4, 0.5) is 9.18 Å². The number of urea groups is 1. The van der Waals surface area contributed by atoms with Crippen molar-refractivity contribution >= 4 is 34.9 Å². The van der Waals surface area contributed by atoms with Crippen LogP contribution in [0.15, 0.2) is 95.2 Å². The summed E-state index contributed by atoms with van der Waals surface area (Å²) in [7, 11) is 1.44. The molecular formula is C35H33FN4O7. The van der Waals surface area contributed by atoms with E-state index in [4.69, 9.17) is 18.9 Å². The minimum atomic E-state index is -0.790. The van der Waals surface area contributed by atoms with E-state index in [1.165, 1.54) is 25.5 Å². The Balaban J connectivity index is 1.26. The van der Waals surface area contributed by atoms with Crippen molar-refractivity contribution in [3.05, 3.63) is 113 Å². The maximum atomic E-state index is 13.3. The zero-order chi connectivity index (χ0) is 33.3. The van der Waals surface area contributed by atoms with E-state index in [1.807, 2.05) is 36.4 Å². The molecule has 242 valence electrons. The Kier molecular flexibility index (Phi) is 10.3. The second-order valence-corrected chi connectivity index (χ2v) is 10.4. The van der Waals surface area contributed by atoms with E-state index < -0.39 is 23.9 Å². The normalized spacial score (nSPS) is 14.4. The van der Waals surface area contributed by atoms with Crippen molar-refractivity contribution in [2.24, 2.45) is 5.10 Å². The van der Waals surface area contributed by atoms with Gasteiger partial charge in [0, 0.05) is 11.3 Å². The second kappa shape index (κ2) is 14.9. The van der Waals surface area contributed by atoms with Crippen molar-refractivity contribution in [3.63, 3.8) is 0 Å². The number of rotatable bonds is 12. The van der Waals surface area contributed by atoms with Crippen molar-refractivity contribution in [2.75, 3.05) is 20.3 Å². The molecule has 3 N–H and O–H groups in total. The van der Waals surface area contributed by atoms with E-state index in [9.17, 15) is 18.8 Å². The summed E-state index contributed by atoms with van der Waals surface area (Å²) >= 11 is 0. The molecule has 0 fully saturated rings. The minimum Gasteiger partial charge on any atom is -0.493 e. The number of fused-ring (bicyclic) bond motifs is 1. The van der Waals surface area contributed by atoms with Crippen LogP contribution >= 0.6 is 0 Å². The summed E-state index contributed by atoms with van der Waals surface area (Å²) in [5.41, 5.74) is 5.10. The number of halogens is 1. The highest BCUT2D eigenvalue weighted by Crippen LogP contribution is 2.34. The maximum absolute atomic E-state index is 13.3. The fraction of sp³-hybridized carbons (Fsp3) is 0.200. The Morgan fingerprint density at radius 2 is 1.74 bits per heavy atom. The number of esters is 1. The van der Waals surface area contributed by atoms with Crippen molar-refractivity contribution in [1.82, 2.24) is 16.1 Å². The summed E-state index contributed by atoms with van der Waals surface area (Å²) in [4.78, 5) is 37.6. The third kappa shape index (κ3) is 7.85. The van der Waals surface area contributed by atoms with Crippen LogP contribution in [0.5, 0.6) is 17.2 Å². The Labute approximate surface area is 270 Å². The first-order valence-electron chi connectivity index (χ1n) is 14.7. The molecule has 1 aliphatic rings. The van der Waals surface area contributed by atoms with Gasteiger partial charge in [-0.3, -0.25) is 4.79 Å². The molecule has 0 saturated carbocycles. The number of carbonyl (C=O) groups is 3. The van der Waals surface area contributed by atoms with E-state index in [0.29, 0.717) is 22.6 Å². The monoisotopic (exact) mass is 640 g/mol. The summed E-state index contributed by atoms with van der Waals surface area (Å²) in [5, 5.41) is 11.3. The lowest BCUT2D eigenvalue weighted by molar-refractivity contribution is -0.139. The number of allylic oxidation sites excluding steroid dienone is 1. The lowest BCUT2D eigenvalue weighted by atomic mass is 9.95. The third-order valence-electron chi connectivity index (χ3n) is 7.27. The lowest BCUT2D eigenvalue weighted by Crippen LogP contribution is -2.45. The first kappa shape index (κ1) is 32.5. The number of methoxy groups -OCH3 is 1. The van der Waals surface area contributed by atoms with Gasteiger partial charge in [0.05, 0.1) is 31.5 Å². The van der Waals surface area contributed by atoms with Gasteiger partial charge in [-0.25, -0.2) is 19.4 Å². The average Bonchev–Trinajstić information content (AvgIpc) is 3.07. The highest BCUT2D eigenvalue weighted by atomic mass is 19.1. The van der Waals surface area contributed by atoms with Gasteiger partial charge in [0.25, 0.3) is 5.91 Å². The molecular weight excluding hydrogens is 607 g/mol. The molecule has 4 aromatic carbocycles. The van der Waals surface area contributed by atoms with Crippen LogP contribution in [-0.2, 0) is 20.9 Å². The fourth-order valence-electron chi connectivity index (χ4n) is 5.03. The molecule has 0 radical (unpaired) electrons. The van der Waals surface area contributed by atoms with Gasteiger partial charge in [-0.2, -0.15) is 5.10 Å². The van der Waals surface area contributed by atoms with Crippen LogP contribution in [0, 0.1) is 5.82 Å². The molecule has 0 saturated heterocycles. The number of nitrogens with zero attached hydrogens (tertiary/aromatic N) is 1. The number of hydrogen-bond acceptors (Lipinski definition) is 8. The zero-order valence-electron chi connectivity index (χ0n) is 26.0. The van der Waals surface area contributed by atoms with Crippen molar-refractivity contribution < 1.29 is 37.7 Å². The van der Waals surface area contributed by atoms with Gasteiger partial charge in [-0.1, -0.05) is 48.5 Å². The molecule has 0 aliphatic carbocycles. The number of hydrazone groups is 1. The molecule has 0 unspecified atom stereocenters. The van der Waals surface area contributed by atoms with Crippen LogP contribution in [0.3, 0.4) is 0 Å². The number of amides is 3. The molecule has 3 amide bonds. The molecule has 1 atom stereocenters. The summed E-state index contributed by atoms with van der Waals surface area (Å²) in [5.74, 6) is -0.338. The molecule has 47 heavy (non-hydrogen) atoms. The quantitative estimate of drug-likeness (QED) is 0.109. The molecule has 0 aromatic heterocycles. The van der Waals surface area contributed by atoms with Crippen molar-refractivity contribution in [3.8, 4) is 17.2 Å². The van der Waals surface area contributed by atoms with Crippen LogP contribution < -0.4 is 30.3 Å². The Hall–Kier alpha value is -5.91. The van der Waals surface area contributed by atoms with Gasteiger partial charge in [-0.05, 0) is 66.1 Å². The first-order chi connectivity index (χ1) is 22.8. The summed E-state index contributed by atoms with van der Waals surface area (Å²) in [6.07, 6.45) is 1.50. The van der Waals surface area contributed by atoms with E-state index in [0.717, 1.165) is 16.3 Å². The second-order valence-electron chi connectivity index (χ2n) is 10.4. The van der Waals surface area contributed by atoms with Gasteiger partial charge in [0.1, 0.15) is 18.2 Å². The van der Waals surface area contributed by atoms with E-state index >= 15 is 0 Å². The number of ether oxygens (including phenoxy) is 4. The van der Waals surface area contributed by atoms with Gasteiger partial charge in [0.15, 0.2) is 18.1 Å². The van der Waals surface area contributed by atoms with E-state index in [2.05, 4.69) is 21.2 Å². The highest BCUT2D eigenvalue weighted by Gasteiger charge is 2.32. The SMILES string of the molecule is CCOC(=O)C1=C(C)NC(=O)N[C@@H]1c1ccc(OCC(=O)N/N=C/c2c(OCc3ccc(F)cc3)ccc3ccccc23)c(OC)c1. The minimum absolute atomic E-state index is 0.174. The van der Waals surface area contributed by atoms with Crippen LogP contribution in [0.25, 0.3) is 10.8 Å². The van der Waals surface area contributed by atoms with E-state index in [-0.39, 0.29) is 42.7 Å². The maximum Gasteiger partial charge on any atom is 0.338 e. The topological polar surface area (TPSA) is 137 Å². The third-order valence-corrected chi connectivity index (χ3v) is 7.27. The summed E-state index contributed by atoms with van der Waals surface area (Å²) in [6.45, 7) is 3.32. The number of hydrogen-bond donors (Lipinski definition) is 3. The fourth-order valence-corrected chi connectivity index (χ4v) is 5.03. The number of nitrogens with one attached hydrogen (secondary N) is 3. The van der Waals surface area contributed by atoms with Gasteiger partial charge in [-0.15, -0.1) is 0 Å². The predicted molar refractivity (Wildman–Crippen MR) is 173 cm³/mol. The van der Waals surface area contributed by atoms with Crippen LogP contribution in [0.2, 0.25) is 0 Å². The number of carbonyl (C=O) groups excluding carboxylic acids is 3. The zero-order valence-corrected chi connectivity index (χ0v) is 26.0.